The molecule has 0 spiro atoms. The van der Waals surface area contributed by atoms with Crippen LogP contribution in [0.15, 0.2) is 18.2 Å². The molecule has 0 bridgehead atoms. The number of likely N-dealkylation sites (tertiary alicyclic amines) is 1. The molecule has 0 radical (unpaired) electrons. The molecule has 1 aromatic carbocycles. The third-order valence-corrected chi connectivity index (χ3v) is 5.30. The Morgan fingerprint density at radius 2 is 2.10 bits per heavy atom. The van der Waals surface area contributed by atoms with E-state index in [1.165, 1.54) is 55.6 Å². The number of nitrogens with one attached hydrogen (secondary N) is 1. The van der Waals surface area contributed by atoms with Crippen molar-refractivity contribution in [3.63, 3.8) is 0 Å². The summed E-state index contributed by atoms with van der Waals surface area (Å²) in [7, 11) is 4.44. The summed E-state index contributed by atoms with van der Waals surface area (Å²) in [6, 6.07) is 8.40. The lowest BCUT2D eigenvalue weighted by atomic mass is 9.97. The molecule has 0 amide bonds. The lowest BCUT2D eigenvalue weighted by Crippen LogP contribution is -2.45. The number of anilines is 1. The van der Waals surface area contributed by atoms with Gasteiger partial charge in [0, 0.05) is 37.9 Å². The van der Waals surface area contributed by atoms with Crippen LogP contribution in [-0.2, 0) is 13.0 Å². The van der Waals surface area contributed by atoms with Gasteiger partial charge in [-0.25, -0.2) is 0 Å². The molecule has 1 N–H and O–H groups in total. The number of aryl methyl sites for hydroxylation is 1. The second-order valence-corrected chi connectivity index (χ2v) is 6.92. The van der Waals surface area contributed by atoms with Crippen LogP contribution < -0.4 is 10.2 Å². The SMILES string of the molecule is CC1CC(NCc2ccc3c(c2)CCCN3C)CCN1C. The van der Waals surface area contributed by atoms with Crippen LogP contribution in [0.1, 0.15) is 37.3 Å². The normalized spacial score (nSPS) is 26.7. The van der Waals surface area contributed by atoms with E-state index in [0.29, 0.717) is 12.1 Å². The molecule has 21 heavy (non-hydrogen) atoms. The van der Waals surface area contributed by atoms with E-state index >= 15 is 0 Å². The maximum absolute atomic E-state index is 3.77. The van der Waals surface area contributed by atoms with Crippen molar-refractivity contribution in [1.82, 2.24) is 10.2 Å². The first kappa shape index (κ1) is 14.9. The standard InChI is InChI=1S/C18H29N3/c1-14-11-17(8-10-20(14)2)19-13-15-6-7-18-16(12-15)5-4-9-21(18)3/h6-7,12,14,17,19H,4-5,8-11,13H2,1-3H3. The molecule has 1 saturated heterocycles. The molecular weight excluding hydrogens is 258 g/mol. The third-order valence-electron chi connectivity index (χ3n) is 5.30. The molecule has 3 heteroatoms. The fourth-order valence-corrected chi connectivity index (χ4v) is 3.69. The molecule has 2 aliphatic rings. The first-order chi connectivity index (χ1) is 10.1. The first-order valence-electron chi connectivity index (χ1n) is 8.40. The molecule has 116 valence electrons. The molecule has 3 nitrogen and oxygen atoms in total. The van der Waals surface area contributed by atoms with Crippen LogP contribution in [0.2, 0.25) is 0 Å². The fourth-order valence-electron chi connectivity index (χ4n) is 3.69. The number of hydrogen-bond acceptors (Lipinski definition) is 3. The Hall–Kier alpha value is -1.06. The van der Waals surface area contributed by atoms with Crippen molar-refractivity contribution in [2.24, 2.45) is 0 Å². The number of hydrogen-bond donors (Lipinski definition) is 1. The summed E-state index contributed by atoms with van der Waals surface area (Å²) >= 11 is 0. The highest BCUT2D eigenvalue weighted by Gasteiger charge is 2.22. The zero-order chi connectivity index (χ0) is 14.8. The summed E-state index contributed by atoms with van der Waals surface area (Å²) in [6.45, 7) is 5.76. The number of benzene rings is 1. The van der Waals surface area contributed by atoms with E-state index in [9.17, 15) is 0 Å². The van der Waals surface area contributed by atoms with Crippen molar-refractivity contribution in [1.29, 1.82) is 0 Å². The Kier molecular flexibility index (Phi) is 4.51. The van der Waals surface area contributed by atoms with Crippen LogP contribution in [0.5, 0.6) is 0 Å². The van der Waals surface area contributed by atoms with E-state index in [0.717, 1.165) is 6.54 Å². The van der Waals surface area contributed by atoms with Gasteiger partial charge < -0.3 is 15.1 Å². The second kappa shape index (κ2) is 6.37. The molecule has 1 aromatic rings. The minimum Gasteiger partial charge on any atom is -0.374 e. The Morgan fingerprint density at radius 1 is 1.24 bits per heavy atom. The summed E-state index contributed by atoms with van der Waals surface area (Å²) in [5.74, 6) is 0. The Labute approximate surface area is 129 Å². The predicted octanol–water partition coefficient (Wildman–Crippen LogP) is 2.64. The first-order valence-corrected chi connectivity index (χ1v) is 8.40. The molecule has 2 atom stereocenters. The van der Waals surface area contributed by atoms with Gasteiger partial charge in [0.05, 0.1) is 0 Å². The molecule has 0 saturated carbocycles. The average Bonchev–Trinajstić information content (AvgIpc) is 2.49. The minimum absolute atomic E-state index is 0.676. The van der Waals surface area contributed by atoms with Crippen LogP contribution in [0, 0.1) is 0 Å². The van der Waals surface area contributed by atoms with Crippen LogP contribution in [-0.4, -0.2) is 44.2 Å². The number of rotatable bonds is 3. The van der Waals surface area contributed by atoms with Gasteiger partial charge in [0.15, 0.2) is 0 Å². The zero-order valence-corrected chi connectivity index (χ0v) is 13.7. The summed E-state index contributed by atoms with van der Waals surface area (Å²) in [4.78, 5) is 4.85. The lowest BCUT2D eigenvalue weighted by molar-refractivity contribution is 0.168. The molecule has 0 aromatic heterocycles. The van der Waals surface area contributed by atoms with Gasteiger partial charge in [0.2, 0.25) is 0 Å². The van der Waals surface area contributed by atoms with Crippen LogP contribution in [0.4, 0.5) is 5.69 Å². The van der Waals surface area contributed by atoms with Gasteiger partial charge in [-0.2, -0.15) is 0 Å². The maximum atomic E-state index is 3.77. The average molecular weight is 287 g/mol. The quantitative estimate of drug-likeness (QED) is 0.922. The van der Waals surface area contributed by atoms with E-state index in [-0.39, 0.29) is 0 Å². The van der Waals surface area contributed by atoms with Gasteiger partial charge in [0.25, 0.3) is 0 Å². The second-order valence-electron chi connectivity index (χ2n) is 6.92. The predicted molar refractivity (Wildman–Crippen MR) is 90.0 cm³/mol. The van der Waals surface area contributed by atoms with Crippen LogP contribution in [0.3, 0.4) is 0 Å². The number of piperidine rings is 1. The molecule has 2 unspecified atom stereocenters. The van der Waals surface area contributed by atoms with E-state index in [4.69, 9.17) is 0 Å². The van der Waals surface area contributed by atoms with Crippen LogP contribution in [0.25, 0.3) is 0 Å². The number of nitrogens with zero attached hydrogens (tertiary/aromatic N) is 2. The van der Waals surface area contributed by atoms with Crippen molar-refractivity contribution in [3.05, 3.63) is 29.3 Å². The van der Waals surface area contributed by atoms with Crippen molar-refractivity contribution in [2.45, 2.75) is 51.2 Å². The zero-order valence-electron chi connectivity index (χ0n) is 13.7. The summed E-state index contributed by atoms with van der Waals surface area (Å²) in [5, 5.41) is 3.77. The largest absolute Gasteiger partial charge is 0.374 e. The Balaban J connectivity index is 1.58. The molecular formula is C18H29N3. The highest BCUT2D eigenvalue weighted by atomic mass is 15.1. The highest BCUT2D eigenvalue weighted by Crippen LogP contribution is 2.27. The van der Waals surface area contributed by atoms with E-state index in [2.05, 4.69) is 54.3 Å². The van der Waals surface area contributed by atoms with E-state index < -0.39 is 0 Å². The van der Waals surface area contributed by atoms with E-state index in [1.54, 1.807) is 0 Å². The summed E-state index contributed by atoms with van der Waals surface area (Å²) in [6.07, 6.45) is 5.06. The van der Waals surface area contributed by atoms with Gasteiger partial charge in [0.1, 0.15) is 0 Å². The molecule has 2 heterocycles. The van der Waals surface area contributed by atoms with Crippen molar-refractivity contribution >= 4 is 5.69 Å². The smallest absolute Gasteiger partial charge is 0.0396 e. The Morgan fingerprint density at radius 3 is 2.90 bits per heavy atom. The molecule has 3 rings (SSSR count). The molecule has 2 aliphatic heterocycles. The third kappa shape index (κ3) is 3.41. The monoisotopic (exact) mass is 287 g/mol. The Bertz CT molecular complexity index is 485. The van der Waals surface area contributed by atoms with Crippen molar-refractivity contribution < 1.29 is 0 Å². The van der Waals surface area contributed by atoms with Gasteiger partial charge in [-0.3, -0.25) is 0 Å². The van der Waals surface area contributed by atoms with Gasteiger partial charge in [-0.15, -0.1) is 0 Å². The van der Waals surface area contributed by atoms with Crippen molar-refractivity contribution in [2.75, 3.05) is 32.1 Å². The lowest BCUT2D eigenvalue weighted by Gasteiger charge is -2.35. The summed E-state index contributed by atoms with van der Waals surface area (Å²) < 4.78 is 0. The molecule has 0 aliphatic carbocycles. The van der Waals surface area contributed by atoms with Gasteiger partial charge in [-0.05, 0) is 63.4 Å². The van der Waals surface area contributed by atoms with Crippen molar-refractivity contribution in [3.8, 4) is 0 Å². The maximum Gasteiger partial charge on any atom is 0.0396 e. The summed E-state index contributed by atoms with van der Waals surface area (Å²) in [5.41, 5.74) is 4.40. The number of fused-ring (bicyclic) bond motifs is 1. The van der Waals surface area contributed by atoms with E-state index in [1.807, 2.05) is 0 Å². The topological polar surface area (TPSA) is 18.5 Å². The molecule has 1 fully saturated rings. The fraction of sp³-hybridized carbons (Fsp3) is 0.667. The minimum atomic E-state index is 0.676. The van der Waals surface area contributed by atoms with Gasteiger partial charge >= 0.3 is 0 Å². The highest BCUT2D eigenvalue weighted by molar-refractivity contribution is 5.56. The van der Waals surface area contributed by atoms with Crippen LogP contribution >= 0.6 is 0 Å². The van der Waals surface area contributed by atoms with Gasteiger partial charge in [-0.1, -0.05) is 12.1 Å².